The second-order valence-electron chi connectivity index (χ2n) is 2.74. The molecule has 0 saturated heterocycles. The molecule has 0 bridgehead atoms. The van der Waals surface area contributed by atoms with Crippen LogP contribution in [0.25, 0.3) is 0 Å². The van der Waals surface area contributed by atoms with Gasteiger partial charge in [0.15, 0.2) is 5.75 Å². The number of nitrogens with zero attached hydrogens (tertiary/aromatic N) is 1. The normalized spacial score (nSPS) is 9.50. The highest BCUT2D eigenvalue weighted by atomic mass is 16.3. The standard InChI is InChI=1S/C9H11NO2/c1-10(2)7-3-5-8(11)9(12)6-4-7/h3-6H,1-2H3,(H,11,12). The van der Waals surface area contributed by atoms with Crippen LogP contribution in [0.2, 0.25) is 0 Å². The summed E-state index contributed by atoms with van der Waals surface area (Å²) in [4.78, 5) is 12.8. The number of anilines is 1. The SMILES string of the molecule is CN(C)c1ccc(O)c(=O)cc1. The predicted molar refractivity (Wildman–Crippen MR) is 48.7 cm³/mol. The molecular weight excluding hydrogens is 154 g/mol. The van der Waals surface area contributed by atoms with Crippen molar-refractivity contribution in [2.24, 2.45) is 0 Å². The Kier molecular flexibility index (Phi) is 2.33. The van der Waals surface area contributed by atoms with Gasteiger partial charge in [-0.1, -0.05) is 0 Å². The van der Waals surface area contributed by atoms with Crippen LogP contribution in [0.4, 0.5) is 5.69 Å². The Morgan fingerprint density at radius 1 is 1.17 bits per heavy atom. The summed E-state index contributed by atoms with van der Waals surface area (Å²) in [6.45, 7) is 0. The number of rotatable bonds is 1. The van der Waals surface area contributed by atoms with Crippen LogP contribution in [0.15, 0.2) is 29.1 Å². The molecule has 0 unspecified atom stereocenters. The molecule has 0 saturated carbocycles. The van der Waals surface area contributed by atoms with E-state index in [-0.39, 0.29) is 11.2 Å². The lowest BCUT2D eigenvalue weighted by Crippen LogP contribution is -2.07. The lowest BCUT2D eigenvalue weighted by Gasteiger charge is -2.08. The highest BCUT2D eigenvalue weighted by Gasteiger charge is 1.94. The fraction of sp³-hybridized carbons (Fsp3) is 0.222. The van der Waals surface area contributed by atoms with Gasteiger partial charge in [-0.3, -0.25) is 4.79 Å². The van der Waals surface area contributed by atoms with Crippen LogP contribution in [-0.2, 0) is 0 Å². The molecule has 3 nitrogen and oxygen atoms in total. The highest BCUT2D eigenvalue weighted by molar-refractivity contribution is 5.45. The third-order valence-corrected chi connectivity index (χ3v) is 1.59. The number of aromatic hydroxyl groups is 1. The zero-order valence-corrected chi connectivity index (χ0v) is 7.11. The maximum atomic E-state index is 10.9. The maximum Gasteiger partial charge on any atom is 0.220 e. The molecule has 0 heterocycles. The van der Waals surface area contributed by atoms with Gasteiger partial charge in [-0.15, -0.1) is 0 Å². The molecule has 1 aromatic rings. The van der Waals surface area contributed by atoms with Gasteiger partial charge >= 0.3 is 0 Å². The van der Waals surface area contributed by atoms with Crippen molar-refractivity contribution in [3.8, 4) is 5.75 Å². The van der Waals surface area contributed by atoms with Gasteiger partial charge in [-0.05, 0) is 24.3 Å². The maximum absolute atomic E-state index is 10.9. The van der Waals surface area contributed by atoms with Crippen LogP contribution in [0.3, 0.4) is 0 Å². The summed E-state index contributed by atoms with van der Waals surface area (Å²) in [7, 11) is 3.74. The van der Waals surface area contributed by atoms with Crippen molar-refractivity contribution < 1.29 is 5.11 Å². The van der Waals surface area contributed by atoms with E-state index in [0.717, 1.165) is 5.69 Å². The predicted octanol–water partition coefficient (Wildman–Crippen LogP) is 0.818. The van der Waals surface area contributed by atoms with Crippen molar-refractivity contribution in [2.45, 2.75) is 0 Å². The average molecular weight is 165 g/mol. The summed E-state index contributed by atoms with van der Waals surface area (Å²) < 4.78 is 0. The minimum atomic E-state index is -0.358. The zero-order valence-electron chi connectivity index (χ0n) is 7.11. The highest BCUT2D eigenvalue weighted by Crippen LogP contribution is 2.09. The third kappa shape index (κ3) is 1.75. The molecule has 0 fully saturated rings. The lowest BCUT2D eigenvalue weighted by atomic mass is 10.4. The van der Waals surface area contributed by atoms with Crippen molar-refractivity contribution in [1.82, 2.24) is 0 Å². The Balaban J connectivity index is 3.26. The van der Waals surface area contributed by atoms with Crippen LogP contribution < -0.4 is 10.3 Å². The van der Waals surface area contributed by atoms with Crippen molar-refractivity contribution in [2.75, 3.05) is 19.0 Å². The largest absolute Gasteiger partial charge is 0.504 e. The van der Waals surface area contributed by atoms with E-state index in [1.165, 1.54) is 12.1 Å². The van der Waals surface area contributed by atoms with E-state index in [9.17, 15) is 4.79 Å². The molecule has 0 atom stereocenters. The van der Waals surface area contributed by atoms with Crippen LogP contribution in [-0.4, -0.2) is 19.2 Å². The average Bonchev–Trinajstić information content (AvgIpc) is 2.16. The summed E-state index contributed by atoms with van der Waals surface area (Å²) in [5, 5.41) is 9.05. The zero-order chi connectivity index (χ0) is 9.14. The molecule has 3 heteroatoms. The van der Waals surface area contributed by atoms with Gasteiger partial charge in [0.25, 0.3) is 0 Å². The van der Waals surface area contributed by atoms with E-state index in [4.69, 9.17) is 5.11 Å². The third-order valence-electron chi connectivity index (χ3n) is 1.59. The Bertz CT molecular complexity index is 334. The van der Waals surface area contributed by atoms with Gasteiger partial charge in [0.1, 0.15) is 0 Å². The van der Waals surface area contributed by atoms with E-state index in [1.807, 2.05) is 19.0 Å². The van der Waals surface area contributed by atoms with Crippen molar-refractivity contribution in [1.29, 1.82) is 0 Å². The molecule has 1 aromatic carbocycles. The van der Waals surface area contributed by atoms with Gasteiger partial charge < -0.3 is 10.0 Å². The first kappa shape index (κ1) is 8.59. The first-order valence-corrected chi connectivity index (χ1v) is 3.62. The van der Waals surface area contributed by atoms with Gasteiger partial charge in [0.05, 0.1) is 0 Å². The second-order valence-corrected chi connectivity index (χ2v) is 2.74. The molecule has 64 valence electrons. The molecule has 12 heavy (non-hydrogen) atoms. The van der Waals surface area contributed by atoms with Crippen molar-refractivity contribution >= 4 is 5.69 Å². The van der Waals surface area contributed by atoms with E-state index in [1.54, 1.807) is 12.1 Å². The molecule has 0 aliphatic carbocycles. The molecule has 0 amide bonds. The smallest absolute Gasteiger partial charge is 0.220 e. The molecular formula is C9H11NO2. The second kappa shape index (κ2) is 3.26. The van der Waals surface area contributed by atoms with E-state index in [0.29, 0.717) is 0 Å². The van der Waals surface area contributed by atoms with Gasteiger partial charge in [0.2, 0.25) is 5.43 Å². The minimum Gasteiger partial charge on any atom is -0.504 e. The molecule has 0 aromatic heterocycles. The van der Waals surface area contributed by atoms with Crippen LogP contribution in [0.5, 0.6) is 5.75 Å². The Hall–Kier alpha value is -1.51. The summed E-state index contributed by atoms with van der Waals surface area (Å²) in [6.07, 6.45) is 0. The lowest BCUT2D eigenvalue weighted by molar-refractivity contribution is 0.471. The number of hydrogen-bond acceptors (Lipinski definition) is 3. The number of hydrogen-bond donors (Lipinski definition) is 1. The fourth-order valence-corrected chi connectivity index (χ4v) is 0.847. The molecule has 1 N–H and O–H groups in total. The van der Waals surface area contributed by atoms with Crippen LogP contribution in [0.1, 0.15) is 0 Å². The van der Waals surface area contributed by atoms with E-state index >= 15 is 0 Å². The molecule has 0 radical (unpaired) electrons. The monoisotopic (exact) mass is 165 g/mol. The minimum absolute atomic E-state index is 0.219. The molecule has 0 aliphatic rings. The Labute approximate surface area is 70.9 Å². The summed E-state index contributed by atoms with van der Waals surface area (Å²) in [5.74, 6) is -0.219. The van der Waals surface area contributed by atoms with Crippen LogP contribution in [0, 0.1) is 0 Å². The van der Waals surface area contributed by atoms with Crippen molar-refractivity contribution in [3.63, 3.8) is 0 Å². The first-order valence-electron chi connectivity index (χ1n) is 3.62. The Morgan fingerprint density at radius 3 is 2.33 bits per heavy atom. The molecule has 0 aliphatic heterocycles. The summed E-state index contributed by atoms with van der Waals surface area (Å²) in [5.41, 5.74) is 0.524. The van der Waals surface area contributed by atoms with E-state index in [2.05, 4.69) is 0 Å². The topological polar surface area (TPSA) is 40.5 Å². The van der Waals surface area contributed by atoms with E-state index < -0.39 is 0 Å². The van der Waals surface area contributed by atoms with Gasteiger partial charge in [-0.2, -0.15) is 0 Å². The van der Waals surface area contributed by atoms with Gasteiger partial charge in [-0.25, -0.2) is 0 Å². The summed E-state index contributed by atoms with van der Waals surface area (Å²) >= 11 is 0. The molecule has 0 spiro atoms. The van der Waals surface area contributed by atoms with Crippen LogP contribution >= 0.6 is 0 Å². The van der Waals surface area contributed by atoms with Crippen molar-refractivity contribution in [3.05, 3.63) is 34.5 Å². The quantitative estimate of drug-likeness (QED) is 0.669. The Morgan fingerprint density at radius 2 is 1.75 bits per heavy atom. The summed E-state index contributed by atoms with van der Waals surface area (Å²) in [6, 6.07) is 6.11. The molecule has 1 rings (SSSR count). The fourth-order valence-electron chi connectivity index (χ4n) is 0.847. The van der Waals surface area contributed by atoms with Gasteiger partial charge in [0, 0.05) is 19.8 Å². The first-order chi connectivity index (χ1) is 5.61.